The van der Waals surface area contributed by atoms with Gasteiger partial charge < -0.3 is 9.09 Å². The Balaban J connectivity index is 1.80. The summed E-state index contributed by atoms with van der Waals surface area (Å²) in [5.74, 6) is 2.50. The van der Waals surface area contributed by atoms with Crippen LogP contribution in [0.5, 0.6) is 0 Å². The summed E-state index contributed by atoms with van der Waals surface area (Å²) in [5, 5.41) is 15.6. The van der Waals surface area contributed by atoms with E-state index in [1.807, 2.05) is 19.1 Å². The summed E-state index contributed by atoms with van der Waals surface area (Å²) < 4.78 is 7.20. The quantitative estimate of drug-likeness (QED) is 0.674. The summed E-state index contributed by atoms with van der Waals surface area (Å²) in [6.07, 6.45) is 0. The normalized spacial score (nSPS) is 11.1. The van der Waals surface area contributed by atoms with Gasteiger partial charge in [0.1, 0.15) is 5.76 Å². The molecule has 0 spiro atoms. The highest BCUT2D eigenvalue weighted by atomic mass is 32.2. The molecule has 20 heavy (non-hydrogen) atoms. The second-order valence-electron chi connectivity index (χ2n) is 4.25. The fourth-order valence-electron chi connectivity index (χ4n) is 1.89. The van der Waals surface area contributed by atoms with Crippen molar-refractivity contribution in [1.29, 1.82) is 0 Å². The average Bonchev–Trinajstić information content (AvgIpc) is 3.16. The van der Waals surface area contributed by atoms with E-state index in [4.69, 9.17) is 4.52 Å². The van der Waals surface area contributed by atoms with Crippen LogP contribution in [0.3, 0.4) is 0 Å². The van der Waals surface area contributed by atoms with Crippen LogP contribution in [0.4, 0.5) is 0 Å². The molecular formula is C13H14N4OS2. The smallest absolute Gasteiger partial charge is 0.191 e. The van der Waals surface area contributed by atoms with Crippen LogP contribution in [-0.2, 0) is 12.3 Å². The van der Waals surface area contributed by atoms with Crippen LogP contribution in [0.15, 0.2) is 33.3 Å². The minimum absolute atomic E-state index is 0.736. The second kappa shape index (κ2) is 5.80. The van der Waals surface area contributed by atoms with E-state index in [9.17, 15) is 0 Å². The third-order valence-corrected chi connectivity index (χ3v) is 4.67. The van der Waals surface area contributed by atoms with Crippen LogP contribution < -0.4 is 0 Å². The highest BCUT2D eigenvalue weighted by Gasteiger charge is 2.14. The van der Waals surface area contributed by atoms with Crippen LogP contribution in [0.25, 0.3) is 10.7 Å². The van der Waals surface area contributed by atoms with Gasteiger partial charge in [-0.15, -0.1) is 21.5 Å². The Morgan fingerprint density at radius 2 is 2.30 bits per heavy atom. The molecule has 3 aromatic rings. The highest BCUT2D eigenvalue weighted by molar-refractivity contribution is 7.98. The van der Waals surface area contributed by atoms with Gasteiger partial charge in [0.25, 0.3) is 0 Å². The number of hydrogen-bond acceptors (Lipinski definition) is 6. The van der Waals surface area contributed by atoms with Gasteiger partial charge in [0.15, 0.2) is 11.0 Å². The van der Waals surface area contributed by atoms with Crippen LogP contribution >= 0.6 is 23.1 Å². The summed E-state index contributed by atoms with van der Waals surface area (Å²) >= 11 is 3.30. The van der Waals surface area contributed by atoms with E-state index in [1.165, 1.54) is 0 Å². The van der Waals surface area contributed by atoms with Gasteiger partial charge in [-0.05, 0) is 25.3 Å². The van der Waals surface area contributed by atoms with Crippen LogP contribution in [-0.4, -0.2) is 19.9 Å². The number of rotatable bonds is 5. The first kappa shape index (κ1) is 13.4. The van der Waals surface area contributed by atoms with Crippen molar-refractivity contribution in [2.75, 3.05) is 0 Å². The van der Waals surface area contributed by atoms with Gasteiger partial charge in [-0.2, -0.15) is 0 Å². The van der Waals surface area contributed by atoms with E-state index in [0.29, 0.717) is 0 Å². The fourth-order valence-corrected chi connectivity index (χ4v) is 3.49. The van der Waals surface area contributed by atoms with Crippen molar-refractivity contribution in [1.82, 2.24) is 19.9 Å². The lowest BCUT2D eigenvalue weighted by molar-refractivity contribution is 0.393. The maximum Gasteiger partial charge on any atom is 0.191 e. The number of aryl methyl sites for hydroxylation is 1. The standard InChI is InChI=1S/C13H14N4OS2/c1-3-17-12(11-5-4-6-19-11)14-15-13(17)20-8-10-7-9(2)18-16-10/h4-7H,3,8H2,1-2H3. The molecule has 0 radical (unpaired) electrons. The number of thiophene rings is 1. The summed E-state index contributed by atoms with van der Waals surface area (Å²) in [4.78, 5) is 1.14. The Morgan fingerprint density at radius 1 is 1.40 bits per heavy atom. The molecule has 3 rings (SSSR count). The lowest BCUT2D eigenvalue weighted by atomic mass is 10.4. The molecule has 0 fully saturated rings. The van der Waals surface area contributed by atoms with Gasteiger partial charge in [0, 0.05) is 18.4 Å². The van der Waals surface area contributed by atoms with Gasteiger partial charge in [0.2, 0.25) is 0 Å². The van der Waals surface area contributed by atoms with Crippen LogP contribution in [0, 0.1) is 6.92 Å². The van der Waals surface area contributed by atoms with Gasteiger partial charge in [-0.1, -0.05) is 23.0 Å². The van der Waals surface area contributed by atoms with E-state index in [2.05, 4.69) is 38.3 Å². The molecule has 0 aliphatic carbocycles. The molecule has 3 aromatic heterocycles. The van der Waals surface area contributed by atoms with E-state index >= 15 is 0 Å². The van der Waals surface area contributed by atoms with E-state index in [0.717, 1.165) is 39.6 Å². The summed E-state index contributed by atoms with van der Waals surface area (Å²) in [7, 11) is 0. The molecule has 104 valence electrons. The fraction of sp³-hybridized carbons (Fsp3) is 0.308. The molecule has 7 heteroatoms. The predicted octanol–water partition coefficient (Wildman–Crippen LogP) is 3.62. The molecule has 0 saturated carbocycles. The van der Waals surface area contributed by atoms with Crippen molar-refractivity contribution in [2.24, 2.45) is 0 Å². The largest absolute Gasteiger partial charge is 0.361 e. The van der Waals surface area contributed by atoms with Crippen molar-refractivity contribution in [2.45, 2.75) is 31.3 Å². The Hall–Kier alpha value is -1.60. The molecule has 0 unspecified atom stereocenters. The maximum absolute atomic E-state index is 5.07. The highest BCUT2D eigenvalue weighted by Crippen LogP contribution is 2.28. The van der Waals surface area contributed by atoms with E-state index in [1.54, 1.807) is 23.1 Å². The minimum Gasteiger partial charge on any atom is -0.361 e. The SMILES string of the molecule is CCn1c(SCc2cc(C)on2)nnc1-c1cccs1. The van der Waals surface area contributed by atoms with Crippen molar-refractivity contribution in [3.05, 3.63) is 35.0 Å². The second-order valence-corrected chi connectivity index (χ2v) is 6.14. The van der Waals surface area contributed by atoms with Crippen molar-refractivity contribution in [3.63, 3.8) is 0 Å². The Morgan fingerprint density at radius 3 is 2.95 bits per heavy atom. The average molecular weight is 306 g/mol. The van der Waals surface area contributed by atoms with E-state index < -0.39 is 0 Å². The van der Waals surface area contributed by atoms with Crippen molar-refractivity contribution in [3.8, 4) is 10.7 Å². The minimum atomic E-state index is 0.736. The monoisotopic (exact) mass is 306 g/mol. The number of thioether (sulfide) groups is 1. The third kappa shape index (κ3) is 2.64. The molecule has 0 aliphatic heterocycles. The lowest BCUT2D eigenvalue weighted by Crippen LogP contribution is -1.99. The molecule has 0 amide bonds. The Bertz CT molecular complexity index is 687. The van der Waals surface area contributed by atoms with Gasteiger partial charge >= 0.3 is 0 Å². The zero-order valence-corrected chi connectivity index (χ0v) is 12.9. The topological polar surface area (TPSA) is 56.7 Å². The first-order valence-corrected chi connectivity index (χ1v) is 8.16. The molecule has 0 saturated heterocycles. The van der Waals surface area contributed by atoms with Crippen LogP contribution in [0.2, 0.25) is 0 Å². The van der Waals surface area contributed by atoms with Crippen LogP contribution in [0.1, 0.15) is 18.4 Å². The van der Waals surface area contributed by atoms with Gasteiger partial charge in [-0.25, -0.2) is 0 Å². The first-order chi connectivity index (χ1) is 9.78. The summed E-state index contributed by atoms with van der Waals surface area (Å²) in [6, 6.07) is 6.04. The molecule has 0 N–H and O–H groups in total. The molecular weight excluding hydrogens is 292 g/mol. The zero-order chi connectivity index (χ0) is 13.9. The molecule has 0 bridgehead atoms. The molecule has 0 aromatic carbocycles. The van der Waals surface area contributed by atoms with Crippen molar-refractivity contribution >= 4 is 23.1 Å². The van der Waals surface area contributed by atoms with E-state index in [-0.39, 0.29) is 0 Å². The lowest BCUT2D eigenvalue weighted by Gasteiger charge is -2.04. The maximum atomic E-state index is 5.07. The first-order valence-electron chi connectivity index (χ1n) is 6.30. The number of hydrogen-bond donors (Lipinski definition) is 0. The predicted molar refractivity (Wildman–Crippen MR) is 79.8 cm³/mol. The van der Waals surface area contributed by atoms with Gasteiger partial charge in [0.05, 0.1) is 10.6 Å². The summed E-state index contributed by atoms with van der Waals surface area (Å²) in [6.45, 7) is 4.84. The molecule has 0 aliphatic rings. The van der Waals surface area contributed by atoms with Gasteiger partial charge in [-0.3, -0.25) is 0 Å². The zero-order valence-electron chi connectivity index (χ0n) is 11.2. The third-order valence-electron chi connectivity index (χ3n) is 2.80. The molecule has 3 heterocycles. The van der Waals surface area contributed by atoms with Crippen molar-refractivity contribution < 1.29 is 4.52 Å². The Kier molecular flexibility index (Phi) is 3.88. The summed E-state index contributed by atoms with van der Waals surface area (Å²) in [5.41, 5.74) is 0.927. The number of aromatic nitrogens is 4. The molecule has 5 nitrogen and oxygen atoms in total. The number of nitrogens with zero attached hydrogens (tertiary/aromatic N) is 4. The Labute approximate surface area is 125 Å². The molecule has 0 atom stereocenters.